The molecule has 0 radical (unpaired) electrons. The summed E-state index contributed by atoms with van der Waals surface area (Å²) < 4.78 is 10.1. The number of ether oxygens (including phenoxy) is 2. The maximum Gasteiger partial charge on any atom is 0.344 e. The molecule has 0 aliphatic carbocycles. The highest BCUT2D eigenvalue weighted by atomic mass is 35.5. The Morgan fingerprint density at radius 3 is 2.15 bits per heavy atom. The zero-order valence-corrected chi connectivity index (χ0v) is 16.7. The van der Waals surface area contributed by atoms with Gasteiger partial charge in [0, 0.05) is 5.02 Å². The molecule has 0 heterocycles. The maximum atomic E-state index is 10.5. The normalized spacial score (nSPS) is 11.0. The van der Waals surface area contributed by atoms with Gasteiger partial charge in [0.2, 0.25) is 0 Å². The second kappa shape index (κ2) is 10.9. The van der Waals surface area contributed by atoms with Gasteiger partial charge in [-0.2, -0.15) is 0 Å². The van der Waals surface area contributed by atoms with Gasteiger partial charge in [0.1, 0.15) is 5.75 Å². The van der Waals surface area contributed by atoms with Crippen LogP contribution in [0.15, 0.2) is 36.4 Å². The molecule has 6 nitrogen and oxygen atoms in total. The van der Waals surface area contributed by atoms with E-state index in [4.69, 9.17) is 54.5 Å². The molecule has 0 aliphatic heterocycles. The van der Waals surface area contributed by atoms with Gasteiger partial charge in [0.05, 0.1) is 10.0 Å². The Bertz CT molecular complexity index is 789. The molecule has 2 N–H and O–H groups in total. The lowest BCUT2D eigenvalue weighted by molar-refractivity contribution is -0.144. The topological polar surface area (TPSA) is 93.1 Å². The van der Waals surface area contributed by atoms with Crippen molar-refractivity contribution in [1.82, 2.24) is 0 Å². The van der Waals surface area contributed by atoms with Crippen LogP contribution in [-0.2, 0) is 9.59 Å². The molecule has 27 heavy (non-hydrogen) atoms. The maximum absolute atomic E-state index is 10.5. The zero-order chi connectivity index (χ0) is 20.6. The quantitative estimate of drug-likeness (QED) is 0.666. The third-order valence-electron chi connectivity index (χ3n) is 3.05. The Kier molecular flexibility index (Phi) is 9.21. The van der Waals surface area contributed by atoms with E-state index in [9.17, 15) is 9.59 Å². The minimum atomic E-state index is -1.07. The summed E-state index contributed by atoms with van der Waals surface area (Å²) in [5.41, 5.74) is 0.825. The Morgan fingerprint density at radius 1 is 1.07 bits per heavy atom. The number of aliphatic carboxylic acids is 2. The van der Waals surface area contributed by atoms with Crippen LogP contribution in [0.1, 0.15) is 12.5 Å². The van der Waals surface area contributed by atoms with Crippen LogP contribution in [-0.4, -0.2) is 34.9 Å². The summed E-state index contributed by atoms with van der Waals surface area (Å²) in [5.74, 6) is -1.31. The van der Waals surface area contributed by atoms with Crippen molar-refractivity contribution in [3.63, 3.8) is 0 Å². The summed E-state index contributed by atoms with van der Waals surface area (Å²) in [7, 11) is 0. The highest BCUT2D eigenvalue weighted by Crippen LogP contribution is 2.32. The molecule has 9 heteroatoms. The Hall–Kier alpha value is -2.15. The number of hydrogen-bond donors (Lipinski definition) is 2. The van der Waals surface area contributed by atoms with E-state index in [-0.39, 0.29) is 5.75 Å². The third kappa shape index (κ3) is 7.95. The summed E-state index contributed by atoms with van der Waals surface area (Å²) in [4.78, 5) is 20.7. The van der Waals surface area contributed by atoms with Gasteiger partial charge in [-0.25, -0.2) is 9.59 Å². The van der Waals surface area contributed by atoms with Crippen LogP contribution in [0.3, 0.4) is 0 Å². The van der Waals surface area contributed by atoms with Crippen LogP contribution in [0.25, 0.3) is 0 Å². The lowest BCUT2D eigenvalue weighted by Gasteiger charge is -2.12. The number of benzene rings is 2. The first kappa shape index (κ1) is 22.9. The van der Waals surface area contributed by atoms with Crippen molar-refractivity contribution in [3.8, 4) is 11.5 Å². The molecule has 0 amide bonds. The van der Waals surface area contributed by atoms with Gasteiger partial charge in [-0.05, 0) is 49.7 Å². The van der Waals surface area contributed by atoms with Crippen molar-refractivity contribution in [2.24, 2.45) is 0 Å². The minimum Gasteiger partial charge on any atom is -0.479 e. The molecule has 2 aromatic carbocycles. The van der Waals surface area contributed by atoms with E-state index in [1.807, 2.05) is 6.92 Å². The Labute approximate surface area is 171 Å². The van der Waals surface area contributed by atoms with Crippen molar-refractivity contribution in [2.45, 2.75) is 20.0 Å². The Balaban J connectivity index is 0.000000271. The fraction of sp³-hybridized carbons (Fsp3) is 0.222. The van der Waals surface area contributed by atoms with E-state index in [2.05, 4.69) is 0 Å². The highest BCUT2D eigenvalue weighted by Gasteiger charge is 2.13. The van der Waals surface area contributed by atoms with Crippen LogP contribution in [0, 0.1) is 6.92 Å². The van der Waals surface area contributed by atoms with E-state index >= 15 is 0 Å². The second-order valence-electron chi connectivity index (χ2n) is 5.24. The van der Waals surface area contributed by atoms with Gasteiger partial charge in [-0.3, -0.25) is 0 Å². The first-order valence-corrected chi connectivity index (χ1v) is 8.69. The van der Waals surface area contributed by atoms with Crippen LogP contribution >= 0.6 is 34.8 Å². The van der Waals surface area contributed by atoms with Crippen LogP contribution in [0.2, 0.25) is 15.1 Å². The van der Waals surface area contributed by atoms with Crippen LogP contribution in [0.5, 0.6) is 11.5 Å². The number of hydrogen-bond acceptors (Lipinski definition) is 4. The molecule has 2 aromatic rings. The van der Waals surface area contributed by atoms with Gasteiger partial charge in [0.25, 0.3) is 0 Å². The van der Waals surface area contributed by atoms with Crippen molar-refractivity contribution in [2.75, 3.05) is 6.61 Å². The SMILES string of the molecule is Cc1cc(Cl)ccc1OC(C)C(=O)O.O=C(O)COc1c(Cl)cccc1Cl. The third-order valence-corrected chi connectivity index (χ3v) is 3.88. The summed E-state index contributed by atoms with van der Waals surface area (Å²) >= 11 is 17.2. The summed E-state index contributed by atoms with van der Waals surface area (Å²) in [6, 6.07) is 9.86. The van der Waals surface area contributed by atoms with Gasteiger partial charge in [0.15, 0.2) is 18.5 Å². The summed E-state index contributed by atoms with van der Waals surface area (Å²) in [6.07, 6.45) is -0.852. The summed E-state index contributed by atoms with van der Waals surface area (Å²) in [5, 5.41) is 18.2. The molecule has 0 fully saturated rings. The largest absolute Gasteiger partial charge is 0.479 e. The van der Waals surface area contributed by atoms with Crippen molar-refractivity contribution in [3.05, 3.63) is 57.0 Å². The lowest BCUT2D eigenvalue weighted by Crippen LogP contribution is -2.23. The van der Waals surface area contributed by atoms with Crippen molar-refractivity contribution in [1.29, 1.82) is 0 Å². The van der Waals surface area contributed by atoms with Gasteiger partial charge in [-0.15, -0.1) is 0 Å². The van der Waals surface area contributed by atoms with Gasteiger partial charge < -0.3 is 19.7 Å². The molecular formula is C18H17Cl3O6. The van der Waals surface area contributed by atoms with Crippen molar-refractivity contribution >= 4 is 46.7 Å². The molecular weight excluding hydrogens is 419 g/mol. The molecule has 2 rings (SSSR count). The lowest BCUT2D eigenvalue weighted by atomic mass is 10.2. The monoisotopic (exact) mass is 434 g/mol. The van der Waals surface area contributed by atoms with Crippen molar-refractivity contribution < 1.29 is 29.3 Å². The number of para-hydroxylation sites is 1. The van der Waals surface area contributed by atoms with Gasteiger partial charge >= 0.3 is 11.9 Å². The molecule has 0 saturated heterocycles. The highest BCUT2D eigenvalue weighted by molar-refractivity contribution is 6.37. The standard InChI is InChI=1S/C10H11ClO3.C8H6Cl2O3/c1-6-5-8(11)3-4-9(6)14-7(2)10(12)13;9-5-2-1-3-6(10)8(5)13-4-7(11)12/h3-5,7H,1-2H3,(H,12,13);1-3H,4H2,(H,11,12). The van der Waals surface area contributed by atoms with Crippen LogP contribution < -0.4 is 9.47 Å². The predicted molar refractivity (Wildman–Crippen MR) is 104 cm³/mol. The fourth-order valence-corrected chi connectivity index (χ4v) is 2.47. The number of carboxylic acid groups (broad SMARTS) is 2. The number of halogens is 3. The molecule has 0 spiro atoms. The first-order chi connectivity index (χ1) is 12.6. The average molecular weight is 436 g/mol. The molecule has 1 unspecified atom stereocenters. The minimum absolute atomic E-state index is 0.202. The average Bonchev–Trinajstić information content (AvgIpc) is 2.57. The molecule has 0 saturated carbocycles. The van der Waals surface area contributed by atoms with E-state index in [1.54, 1.807) is 36.4 Å². The number of aryl methyl sites for hydroxylation is 1. The number of rotatable bonds is 6. The second-order valence-corrected chi connectivity index (χ2v) is 6.49. The molecule has 0 aliphatic rings. The van der Waals surface area contributed by atoms with E-state index in [1.165, 1.54) is 6.92 Å². The predicted octanol–water partition coefficient (Wildman–Crippen LogP) is 4.96. The van der Waals surface area contributed by atoms with E-state index in [0.717, 1.165) is 5.56 Å². The number of carbonyl (C=O) groups is 2. The molecule has 0 bridgehead atoms. The Morgan fingerprint density at radius 2 is 1.67 bits per heavy atom. The fourth-order valence-electron chi connectivity index (χ4n) is 1.74. The van der Waals surface area contributed by atoms with Crippen LogP contribution in [0.4, 0.5) is 0 Å². The first-order valence-electron chi connectivity index (χ1n) is 7.56. The summed E-state index contributed by atoms with van der Waals surface area (Å²) in [6.45, 7) is 2.84. The van der Waals surface area contributed by atoms with E-state index in [0.29, 0.717) is 20.8 Å². The smallest absolute Gasteiger partial charge is 0.344 e. The molecule has 0 aromatic heterocycles. The zero-order valence-electron chi connectivity index (χ0n) is 14.4. The molecule has 146 valence electrons. The molecule has 1 atom stereocenters. The van der Waals surface area contributed by atoms with E-state index < -0.39 is 24.6 Å². The van der Waals surface area contributed by atoms with Gasteiger partial charge in [-0.1, -0.05) is 40.9 Å². The number of carboxylic acids is 2.